The van der Waals surface area contributed by atoms with E-state index in [1.807, 2.05) is 18.2 Å². The number of pyridine rings is 1. The summed E-state index contributed by atoms with van der Waals surface area (Å²) in [6.45, 7) is 2.29. The first-order chi connectivity index (χ1) is 9.72. The molecule has 0 bridgehead atoms. The molecule has 0 aromatic carbocycles. The highest BCUT2D eigenvalue weighted by Crippen LogP contribution is 2.20. The predicted molar refractivity (Wildman–Crippen MR) is 73.1 cm³/mol. The van der Waals surface area contributed by atoms with Gasteiger partial charge in [0.15, 0.2) is 0 Å². The molecule has 104 valence electrons. The first kappa shape index (κ1) is 12.9. The molecule has 1 fully saturated rings. The molecule has 1 aliphatic rings. The van der Waals surface area contributed by atoms with Crippen molar-refractivity contribution < 1.29 is 9.13 Å². The van der Waals surface area contributed by atoms with Crippen LogP contribution in [0.2, 0.25) is 0 Å². The van der Waals surface area contributed by atoms with E-state index in [0.29, 0.717) is 18.2 Å². The number of alkyl halides is 1. The van der Waals surface area contributed by atoms with E-state index in [0.717, 1.165) is 11.4 Å². The van der Waals surface area contributed by atoms with E-state index in [-0.39, 0.29) is 12.6 Å². The maximum Gasteiger partial charge on any atom is 0.146 e. The number of rotatable bonds is 3. The second-order valence-electron chi connectivity index (χ2n) is 4.70. The van der Waals surface area contributed by atoms with Crippen molar-refractivity contribution in [3.63, 3.8) is 0 Å². The van der Waals surface area contributed by atoms with Gasteiger partial charge in [0, 0.05) is 12.3 Å². The van der Waals surface area contributed by atoms with Gasteiger partial charge in [0.25, 0.3) is 0 Å². The Hall–Kier alpha value is -2.08. The number of hydrogen-bond acceptors (Lipinski definition) is 5. The van der Waals surface area contributed by atoms with E-state index in [1.54, 1.807) is 19.2 Å². The summed E-state index contributed by atoms with van der Waals surface area (Å²) in [5, 5.41) is 3.06. The van der Waals surface area contributed by atoms with E-state index in [2.05, 4.69) is 20.3 Å². The summed E-state index contributed by atoms with van der Waals surface area (Å²) in [6, 6.07) is 7.04. The number of nitrogens with zero attached hydrogens (tertiary/aromatic N) is 3. The molecule has 1 N–H and O–H groups in total. The van der Waals surface area contributed by atoms with Crippen LogP contribution >= 0.6 is 0 Å². The van der Waals surface area contributed by atoms with Gasteiger partial charge in [-0.25, -0.2) is 14.4 Å². The van der Waals surface area contributed by atoms with Gasteiger partial charge in [-0.1, -0.05) is 6.07 Å². The van der Waals surface area contributed by atoms with Crippen LogP contribution in [0.25, 0.3) is 11.4 Å². The topological polar surface area (TPSA) is 59.9 Å². The zero-order valence-corrected chi connectivity index (χ0v) is 11.1. The molecule has 0 unspecified atom stereocenters. The van der Waals surface area contributed by atoms with Crippen LogP contribution in [0.4, 0.5) is 10.2 Å². The van der Waals surface area contributed by atoms with E-state index < -0.39 is 6.17 Å². The highest BCUT2D eigenvalue weighted by molar-refractivity contribution is 5.58. The molecule has 1 saturated heterocycles. The monoisotopic (exact) mass is 274 g/mol. The summed E-state index contributed by atoms with van der Waals surface area (Å²) in [5.41, 5.74) is 1.48. The molecule has 5 nitrogen and oxygen atoms in total. The molecule has 0 saturated carbocycles. The molecular formula is C14H15FN4O. The van der Waals surface area contributed by atoms with E-state index in [1.165, 1.54) is 0 Å². The normalized spacial score (nSPS) is 21.9. The lowest BCUT2D eigenvalue weighted by Gasteiger charge is -2.14. The second-order valence-corrected chi connectivity index (χ2v) is 4.70. The summed E-state index contributed by atoms with van der Waals surface area (Å²) < 4.78 is 18.6. The van der Waals surface area contributed by atoms with Crippen molar-refractivity contribution in [1.82, 2.24) is 15.0 Å². The first-order valence-corrected chi connectivity index (χ1v) is 6.48. The second kappa shape index (κ2) is 5.50. The van der Waals surface area contributed by atoms with Crippen molar-refractivity contribution in [2.75, 3.05) is 18.5 Å². The molecule has 0 aliphatic carbocycles. The minimum Gasteiger partial charge on any atom is -0.376 e. The number of halogens is 1. The van der Waals surface area contributed by atoms with Crippen molar-refractivity contribution in [3.8, 4) is 11.4 Å². The molecule has 2 aromatic heterocycles. The summed E-state index contributed by atoms with van der Waals surface area (Å²) in [7, 11) is 0. The van der Waals surface area contributed by atoms with Crippen molar-refractivity contribution in [2.45, 2.75) is 19.1 Å². The van der Waals surface area contributed by atoms with Crippen molar-refractivity contribution in [3.05, 3.63) is 36.3 Å². The van der Waals surface area contributed by atoms with E-state index in [4.69, 9.17) is 4.74 Å². The third kappa shape index (κ3) is 2.75. The minimum absolute atomic E-state index is 0.134. The molecule has 2 atom stereocenters. The lowest BCUT2D eigenvalue weighted by Crippen LogP contribution is -2.29. The van der Waals surface area contributed by atoms with Crippen LogP contribution in [0, 0.1) is 6.92 Å². The molecule has 1 aliphatic heterocycles. The number of anilines is 1. The Morgan fingerprint density at radius 2 is 2.15 bits per heavy atom. The van der Waals surface area contributed by atoms with Gasteiger partial charge in [-0.05, 0) is 19.1 Å². The summed E-state index contributed by atoms with van der Waals surface area (Å²) in [6.07, 6.45) is 0.700. The molecule has 6 heteroatoms. The predicted octanol–water partition coefficient (Wildman–Crippen LogP) is 2.00. The highest BCUT2D eigenvalue weighted by atomic mass is 19.1. The Kier molecular flexibility index (Phi) is 3.56. The van der Waals surface area contributed by atoms with Gasteiger partial charge in [0.2, 0.25) is 0 Å². The van der Waals surface area contributed by atoms with Gasteiger partial charge < -0.3 is 10.1 Å². The fourth-order valence-electron chi connectivity index (χ4n) is 2.14. The minimum atomic E-state index is -1.01. The maximum absolute atomic E-state index is 13.6. The van der Waals surface area contributed by atoms with E-state index in [9.17, 15) is 4.39 Å². The van der Waals surface area contributed by atoms with Crippen LogP contribution in [0.1, 0.15) is 5.82 Å². The van der Waals surface area contributed by atoms with Crippen LogP contribution in [0.15, 0.2) is 30.5 Å². The number of aryl methyl sites for hydroxylation is 1. The molecule has 0 radical (unpaired) electrons. The largest absolute Gasteiger partial charge is 0.376 e. The molecule has 20 heavy (non-hydrogen) atoms. The van der Waals surface area contributed by atoms with Gasteiger partial charge in [-0.2, -0.15) is 0 Å². The average Bonchev–Trinajstić information content (AvgIpc) is 2.85. The third-order valence-electron chi connectivity index (χ3n) is 3.11. The smallest absolute Gasteiger partial charge is 0.146 e. The van der Waals surface area contributed by atoms with Crippen LogP contribution in [-0.2, 0) is 4.74 Å². The molecule has 3 heterocycles. The summed E-state index contributed by atoms with van der Waals surface area (Å²) in [5.74, 6) is 1.21. The van der Waals surface area contributed by atoms with Gasteiger partial charge in [-0.15, -0.1) is 0 Å². The van der Waals surface area contributed by atoms with Gasteiger partial charge in [-0.3, -0.25) is 4.98 Å². The SMILES string of the molecule is Cc1nc(N[C@@H]2COC[C@@H]2F)cc(-c2ccccn2)n1. The quantitative estimate of drug-likeness (QED) is 0.927. The standard InChI is InChI=1S/C14H15FN4O/c1-9-17-12(11-4-2-3-5-16-11)6-14(18-9)19-13-8-20-7-10(13)15/h2-6,10,13H,7-8H2,1H3,(H,17,18,19)/t10-,13+/m0/s1. The lowest BCUT2D eigenvalue weighted by molar-refractivity contribution is 0.173. The third-order valence-corrected chi connectivity index (χ3v) is 3.11. The summed E-state index contributed by atoms with van der Waals surface area (Å²) >= 11 is 0. The Labute approximate surface area is 116 Å². The van der Waals surface area contributed by atoms with Gasteiger partial charge in [0.1, 0.15) is 17.8 Å². The zero-order chi connectivity index (χ0) is 13.9. The first-order valence-electron chi connectivity index (χ1n) is 6.48. The number of nitrogens with one attached hydrogen (secondary N) is 1. The Morgan fingerprint density at radius 3 is 2.85 bits per heavy atom. The fourth-order valence-corrected chi connectivity index (χ4v) is 2.14. The number of ether oxygens (including phenoxy) is 1. The van der Waals surface area contributed by atoms with Gasteiger partial charge >= 0.3 is 0 Å². The van der Waals surface area contributed by atoms with Crippen LogP contribution in [-0.4, -0.2) is 40.4 Å². The summed E-state index contributed by atoms with van der Waals surface area (Å²) in [4.78, 5) is 12.9. The number of hydrogen-bond donors (Lipinski definition) is 1. The lowest BCUT2D eigenvalue weighted by atomic mass is 10.2. The zero-order valence-electron chi connectivity index (χ0n) is 11.1. The van der Waals surface area contributed by atoms with Crippen LogP contribution in [0.3, 0.4) is 0 Å². The molecule has 0 amide bonds. The maximum atomic E-state index is 13.6. The van der Waals surface area contributed by atoms with Crippen molar-refractivity contribution >= 4 is 5.82 Å². The van der Waals surface area contributed by atoms with Crippen LogP contribution < -0.4 is 5.32 Å². The molecule has 2 aromatic rings. The molecule has 3 rings (SSSR count). The average molecular weight is 274 g/mol. The fraction of sp³-hybridized carbons (Fsp3) is 0.357. The molecular weight excluding hydrogens is 259 g/mol. The van der Waals surface area contributed by atoms with Crippen molar-refractivity contribution in [2.24, 2.45) is 0 Å². The number of aromatic nitrogens is 3. The van der Waals surface area contributed by atoms with Crippen molar-refractivity contribution in [1.29, 1.82) is 0 Å². The Bertz CT molecular complexity index is 593. The Balaban J connectivity index is 1.87. The molecule has 0 spiro atoms. The highest BCUT2D eigenvalue weighted by Gasteiger charge is 2.28. The Morgan fingerprint density at radius 1 is 1.25 bits per heavy atom. The van der Waals surface area contributed by atoms with Gasteiger partial charge in [0.05, 0.1) is 30.6 Å². The van der Waals surface area contributed by atoms with Crippen LogP contribution in [0.5, 0.6) is 0 Å². The van der Waals surface area contributed by atoms with E-state index >= 15 is 0 Å².